The lowest BCUT2D eigenvalue weighted by atomic mass is 9.87. The lowest BCUT2D eigenvalue weighted by Gasteiger charge is -2.25. The van der Waals surface area contributed by atoms with Crippen molar-refractivity contribution in [3.63, 3.8) is 0 Å². The minimum atomic E-state index is -0.367. The average Bonchev–Trinajstić information content (AvgIpc) is 3.30. The molecule has 2 aliphatic rings. The molecule has 1 amide bonds. The summed E-state index contributed by atoms with van der Waals surface area (Å²) in [6.45, 7) is 9.04. The molecule has 0 bridgehead atoms. The van der Waals surface area contributed by atoms with Crippen molar-refractivity contribution in [2.75, 3.05) is 45.9 Å². The third kappa shape index (κ3) is 5.56. The monoisotopic (exact) mass is 504 g/mol. The van der Waals surface area contributed by atoms with Gasteiger partial charge >= 0.3 is 0 Å². The maximum atomic E-state index is 13.6. The summed E-state index contributed by atoms with van der Waals surface area (Å²) >= 11 is 0. The van der Waals surface area contributed by atoms with Crippen LogP contribution in [-0.2, 0) is 4.74 Å². The van der Waals surface area contributed by atoms with Crippen LogP contribution in [0.2, 0.25) is 0 Å². The zero-order valence-corrected chi connectivity index (χ0v) is 18.9. The number of ether oxygens (including phenoxy) is 1. The number of likely N-dealkylation sites (tertiary alicyclic amines) is 1. The number of rotatable bonds is 5. The summed E-state index contributed by atoms with van der Waals surface area (Å²) in [6.07, 6.45) is 2.25. The van der Waals surface area contributed by atoms with Crippen molar-refractivity contribution in [2.24, 2.45) is 10.4 Å². The number of carbonyl (C=O) groups is 1. The first-order chi connectivity index (χ1) is 13.0. The minimum absolute atomic E-state index is 0. The summed E-state index contributed by atoms with van der Waals surface area (Å²) in [7, 11) is 0. The van der Waals surface area contributed by atoms with E-state index in [4.69, 9.17) is 4.74 Å². The lowest BCUT2D eigenvalue weighted by Crippen LogP contribution is -2.42. The van der Waals surface area contributed by atoms with Gasteiger partial charge in [-0.1, -0.05) is 6.07 Å². The van der Waals surface area contributed by atoms with Gasteiger partial charge in [0, 0.05) is 43.8 Å². The summed E-state index contributed by atoms with van der Waals surface area (Å²) in [5.74, 6) is 0.239. The second-order valence-corrected chi connectivity index (χ2v) is 7.43. The van der Waals surface area contributed by atoms with Gasteiger partial charge in [-0.3, -0.25) is 9.79 Å². The molecule has 156 valence electrons. The molecule has 28 heavy (non-hydrogen) atoms. The number of halogens is 2. The molecule has 1 unspecified atom stereocenters. The van der Waals surface area contributed by atoms with Crippen LogP contribution in [0.1, 0.15) is 35.7 Å². The highest BCUT2D eigenvalue weighted by Crippen LogP contribution is 2.38. The lowest BCUT2D eigenvalue weighted by molar-refractivity contribution is 0.0954. The van der Waals surface area contributed by atoms with E-state index in [0.29, 0.717) is 24.2 Å². The Kier molecular flexibility index (Phi) is 8.48. The van der Waals surface area contributed by atoms with E-state index in [1.807, 2.05) is 6.92 Å². The Labute approximate surface area is 183 Å². The number of guanidine groups is 1. The predicted octanol–water partition coefficient (Wildman–Crippen LogP) is 2.56. The number of benzene rings is 1. The molecule has 3 rings (SSSR count). The van der Waals surface area contributed by atoms with Crippen molar-refractivity contribution < 1.29 is 13.9 Å². The van der Waals surface area contributed by atoms with E-state index in [1.165, 1.54) is 6.07 Å². The van der Waals surface area contributed by atoms with Crippen LogP contribution in [0.5, 0.6) is 0 Å². The Morgan fingerprint density at radius 1 is 1.36 bits per heavy atom. The third-order valence-corrected chi connectivity index (χ3v) is 5.35. The summed E-state index contributed by atoms with van der Waals surface area (Å²) in [5, 5.41) is 6.14. The molecule has 2 aliphatic heterocycles. The van der Waals surface area contributed by atoms with E-state index in [9.17, 15) is 9.18 Å². The molecular weight excluding hydrogens is 474 g/mol. The number of carbonyl (C=O) groups excluding carboxylic acids is 1. The van der Waals surface area contributed by atoms with Gasteiger partial charge < -0.3 is 20.3 Å². The summed E-state index contributed by atoms with van der Waals surface area (Å²) in [6, 6.07) is 4.52. The van der Waals surface area contributed by atoms with Gasteiger partial charge in [-0.05, 0) is 44.4 Å². The van der Waals surface area contributed by atoms with Crippen LogP contribution in [0.15, 0.2) is 23.2 Å². The Morgan fingerprint density at radius 3 is 2.86 bits per heavy atom. The van der Waals surface area contributed by atoms with Crippen molar-refractivity contribution in [3.05, 3.63) is 35.1 Å². The number of nitrogens with zero attached hydrogens (tertiary/aromatic N) is 2. The van der Waals surface area contributed by atoms with Crippen LogP contribution in [-0.4, -0.2) is 62.7 Å². The number of amides is 1. The molecule has 0 aromatic heterocycles. The van der Waals surface area contributed by atoms with Crippen LogP contribution in [0.25, 0.3) is 0 Å². The van der Waals surface area contributed by atoms with Gasteiger partial charge in [-0.15, -0.1) is 24.0 Å². The molecule has 2 fully saturated rings. The molecule has 2 N–H and O–H groups in total. The van der Waals surface area contributed by atoms with Crippen molar-refractivity contribution in [1.29, 1.82) is 0 Å². The molecule has 0 aliphatic carbocycles. The van der Waals surface area contributed by atoms with E-state index in [1.54, 1.807) is 19.1 Å². The number of hydrogen-bond donors (Lipinski definition) is 2. The van der Waals surface area contributed by atoms with E-state index in [-0.39, 0.29) is 41.1 Å². The van der Waals surface area contributed by atoms with Crippen LogP contribution < -0.4 is 10.6 Å². The molecule has 1 atom stereocenters. The largest absolute Gasteiger partial charge is 0.381 e. The van der Waals surface area contributed by atoms with Gasteiger partial charge in [0.25, 0.3) is 5.91 Å². The van der Waals surface area contributed by atoms with E-state index < -0.39 is 0 Å². The number of nitrogens with one attached hydrogen (secondary N) is 2. The van der Waals surface area contributed by atoms with Gasteiger partial charge in [0.1, 0.15) is 5.82 Å². The zero-order chi connectivity index (χ0) is 19.3. The third-order valence-electron chi connectivity index (χ3n) is 5.35. The summed E-state index contributed by atoms with van der Waals surface area (Å²) in [5.41, 5.74) is 1.14. The fourth-order valence-electron chi connectivity index (χ4n) is 3.68. The van der Waals surface area contributed by atoms with Gasteiger partial charge in [-0.25, -0.2) is 4.39 Å². The van der Waals surface area contributed by atoms with Crippen molar-refractivity contribution >= 4 is 35.8 Å². The Bertz CT molecular complexity index is 707. The highest BCUT2D eigenvalue weighted by Gasteiger charge is 2.42. The predicted molar refractivity (Wildman–Crippen MR) is 119 cm³/mol. The van der Waals surface area contributed by atoms with Crippen LogP contribution in [0.4, 0.5) is 4.39 Å². The molecule has 1 aromatic rings. The number of aryl methyl sites for hydroxylation is 1. The summed E-state index contributed by atoms with van der Waals surface area (Å²) < 4.78 is 19.2. The first-order valence-corrected chi connectivity index (χ1v) is 9.68. The molecule has 0 radical (unpaired) electrons. The highest BCUT2D eigenvalue weighted by molar-refractivity contribution is 14.0. The summed E-state index contributed by atoms with van der Waals surface area (Å²) in [4.78, 5) is 19.1. The highest BCUT2D eigenvalue weighted by atomic mass is 127. The Balaban J connectivity index is 0.00000280. The molecule has 0 saturated carbocycles. The van der Waals surface area contributed by atoms with Crippen LogP contribution in [0, 0.1) is 18.2 Å². The molecular formula is C20H30FIN4O2. The SMILES string of the molecule is CCNC(=NCCNC(=O)c1ccc(C)c(F)c1)N1CCC2(CCOC2)C1.I. The van der Waals surface area contributed by atoms with Gasteiger partial charge in [0.2, 0.25) is 0 Å². The fraction of sp³-hybridized carbons (Fsp3) is 0.600. The molecule has 6 nitrogen and oxygen atoms in total. The van der Waals surface area contributed by atoms with E-state index in [2.05, 4.69) is 20.5 Å². The molecule has 1 spiro atoms. The van der Waals surface area contributed by atoms with Gasteiger partial charge in [0.15, 0.2) is 5.96 Å². The number of aliphatic imine (C=N–C) groups is 1. The molecule has 8 heteroatoms. The second-order valence-electron chi connectivity index (χ2n) is 7.43. The first kappa shape index (κ1) is 22.9. The van der Waals surface area contributed by atoms with Gasteiger partial charge in [0.05, 0.1) is 13.2 Å². The zero-order valence-electron chi connectivity index (χ0n) is 16.6. The number of hydrogen-bond acceptors (Lipinski definition) is 3. The normalized spacial score (nSPS) is 21.7. The van der Waals surface area contributed by atoms with Crippen molar-refractivity contribution in [3.8, 4) is 0 Å². The molecule has 2 heterocycles. The van der Waals surface area contributed by atoms with Crippen LogP contribution >= 0.6 is 24.0 Å². The smallest absolute Gasteiger partial charge is 0.251 e. The quantitative estimate of drug-likeness (QED) is 0.280. The second kappa shape index (κ2) is 10.4. The Morgan fingerprint density at radius 2 is 2.18 bits per heavy atom. The maximum absolute atomic E-state index is 13.6. The average molecular weight is 504 g/mol. The van der Waals surface area contributed by atoms with Crippen molar-refractivity contribution in [2.45, 2.75) is 26.7 Å². The topological polar surface area (TPSA) is 66.0 Å². The van der Waals surface area contributed by atoms with Gasteiger partial charge in [-0.2, -0.15) is 0 Å². The standard InChI is InChI=1S/C20H29FN4O2.HI/c1-3-22-19(25-10-6-20(13-25)7-11-27-14-20)24-9-8-23-18(26)16-5-4-15(2)17(21)12-16;/h4-5,12H,3,6-11,13-14H2,1-2H3,(H,22,24)(H,23,26);1H. The van der Waals surface area contributed by atoms with E-state index in [0.717, 1.165) is 51.6 Å². The van der Waals surface area contributed by atoms with Crippen LogP contribution in [0.3, 0.4) is 0 Å². The fourth-order valence-corrected chi connectivity index (χ4v) is 3.68. The molecule has 1 aromatic carbocycles. The maximum Gasteiger partial charge on any atom is 0.251 e. The first-order valence-electron chi connectivity index (χ1n) is 9.68. The Hall–Kier alpha value is -1.42. The van der Waals surface area contributed by atoms with E-state index >= 15 is 0 Å². The van der Waals surface area contributed by atoms with Crippen molar-refractivity contribution in [1.82, 2.24) is 15.5 Å². The minimum Gasteiger partial charge on any atom is -0.381 e. The molecule has 2 saturated heterocycles.